The Kier molecular flexibility index (Phi) is 10.9. The molecule has 0 atom stereocenters. The summed E-state index contributed by atoms with van der Waals surface area (Å²) in [6, 6.07) is 0. The molecule has 296 valence electrons. The van der Waals surface area contributed by atoms with E-state index >= 15 is 0 Å². The summed E-state index contributed by atoms with van der Waals surface area (Å²) >= 11 is 0. The quantitative estimate of drug-likeness (QED) is 0.133. The van der Waals surface area contributed by atoms with Gasteiger partial charge in [0.15, 0.2) is 0 Å². The molecule has 49 heavy (non-hydrogen) atoms. The Balaban J connectivity index is 7.27. The molecule has 0 fully saturated rings. The molecule has 0 amide bonds. The topological polar surface area (TPSA) is 72.8 Å². The first-order valence-corrected chi connectivity index (χ1v) is 11.2. The Labute approximate surface area is 244 Å². The molecule has 1 N–H and O–H groups in total. The van der Waals surface area contributed by atoms with Gasteiger partial charge in [-0.25, -0.2) is 9.47 Å². The van der Waals surface area contributed by atoms with Crippen LogP contribution in [0.25, 0.3) is 0 Å². The second-order valence-electron chi connectivity index (χ2n) is 8.36. The Morgan fingerprint density at radius 1 is 0.306 bits per heavy atom. The molecule has 0 heterocycles. The summed E-state index contributed by atoms with van der Waals surface area (Å²) in [5.41, 5.74) is 0. The molecule has 0 aliphatic heterocycles. The highest BCUT2D eigenvalue weighted by Gasteiger charge is 2.99. The van der Waals surface area contributed by atoms with Gasteiger partial charge in [-0.1, -0.05) is 0 Å². The van der Waals surface area contributed by atoms with Crippen LogP contribution in [-0.4, -0.2) is 96.2 Å². The van der Waals surface area contributed by atoms with E-state index in [2.05, 4.69) is 0 Å². The van der Waals surface area contributed by atoms with Gasteiger partial charge in [0, 0.05) is 0 Å². The minimum absolute atomic E-state index is 0.759. The van der Waals surface area contributed by atoms with Gasteiger partial charge in [0.05, 0.1) is 0 Å². The van der Waals surface area contributed by atoms with Crippen LogP contribution in [0, 0.1) is 0 Å². The number of alkyl halides is 29. The fourth-order valence-electron chi connectivity index (χ4n) is 2.27. The van der Waals surface area contributed by atoms with Crippen LogP contribution in [0.5, 0.6) is 0 Å². The van der Waals surface area contributed by atoms with E-state index in [-0.39, 0.29) is 0 Å². The van der Waals surface area contributed by atoms with Crippen molar-refractivity contribution in [3.8, 4) is 0 Å². The smallest absolute Gasteiger partial charge is 0.281 e. The van der Waals surface area contributed by atoms with Gasteiger partial charge >= 0.3 is 93.4 Å². The van der Waals surface area contributed by atoms with Crippen molar-refractivity contribution < 1.29 is 150 Å². The van der Waals surface area contributed by atoms with Crippen molar-refractivity contribution in [3.63, 3.8) is 0 Å². The first-order valence-electron chi connectivity index (χ1n) is 9.77. The maximum atomic E-state index is 13.7. The minimum atomic E-state index is -9.89. The van der Waals surface area contributed by atoms with Crippen LogP contribution < -0.4 is 0 Å². The number of hydrogen-bond donors (Lipinski definition) is 1. The van der Waals surface area contributed by atoms with E-state index in [0.717, 1.165) is 9.47 Å². The molecular formula is C14HF29O5S. The molecule has 0 aromatic rings. The average Bonchev–Trinajstić information content (AvgIpc) is 2.79. The van der Waals surface area contributed by atoms with E-state index in [9.17, 15) is 136 Å². The summed E-state index contributed by atoms with van der Waals surface area (Å²) in [4.78, 5) is 0. The van der Waals surface area contributed by atoms with Crippen LogP contribution in [0.4, 0.5) is 127 Å². The Morgan fingerprint density at radius 2 is 0.510 bits per heavy atom. The van der Waals surface area contributed by atoms with Gasteiger partial charge in [0.25, 0.3) is 0 Å². The summed E-state index contributed by atoms with van der Waals surface area (Å²) in [6.07, 6.45) is -41.0. The van der Waals surface area contributed by atoms with E-state index in [4.69, 9.17) is 4.55 Å². The third-order valence-corrected chi connectivity index (χ3v) is 5.90. The second-order valence-corrected chi connectivity index (χ2v) is 9.82. The van der Waals surface area contributed by atoms with E-state index in [0.29, 0.717) is 0 Å². The molecule has 5 nitrogen and oxygen atoms in total. The lowest BCUT2D eigenvalue weighted by Gasteiger charge is -2.44. The lowest BCUT2D eigenvalue weighted by molar-refractivity contribution is -0.557. The zero-order chi connectivity index (χ0) is 40.9. The van der Waals surface area contributed by atoms with Crippen molar-refractivity contribution in [2.24, 2.45) is 0 Å². The van der Waals surface area contributed by atoms with Gasteiger partial charge in [0.1, 0.15) is 0 Å². The summed E-state index contributed by atoms with van der Waals surface area (Å²) in [6.45, 7) is 0. The van der Waals surface area contributed by atoms with E-state index in [1.807, 2.05) is 0 Å². The van der Waals surface area contributed by atoms with E-state index in [1.54, 1.807) is 0 Å². The Morgan fingerprint density at radius 3 is 0.735 bits per heavy atom. The van der Waals surface area contributed by atoms with Gasteiger partial charge in [-0.2, -0.15) is 136 Å². The average molecular weight is 832 g/mol. The first kappa shape index (κ1) is 46.8. The molecular weight excluding hydrogens is 831 g/mol. The number of rotatable bonds is 15. The zero-order valence-corrected chi connectivity index (χ0v) is 21.3. The Hall–Kier alpha value is -2.20. The third-order valence-electron chi connectivity index (χ3n) is 5.00. The molecule has 0 aliphatic rings. The van der Waals surface area contributed by atoms with Gasteiger partial charge in [-0.05, 0) is 0 Å². The van der Waals surface area contributed by atoms with Crippen LogP contribution in [0.3, 0.4) is 0 Å². The minimum Gasteiger partial charge on any atom is -0.281 e. The van der Waals surface area contributed by atoms with Crippen molar-refractivity contribution in [2.45, 2.75) is 83.2 Å². The highest BCUT2D eigenvalue weighted by molar-refractivity contribution is 7.87. The van der Waals surface area contributed by atoms with Crippen LogP contribution in [0.1, 0.15) is 0 Å². The molecule has 0 aromatic heterocycles. The summed E-state index contributed by atoms with van der Waals surface area (Å²) in [5.74, 6) is -76.9. The van der Waals surface area contributed by atoms with E-state index in [1.165, 1.54) is 0 Å². The first-order chi connectivity index (χ1) is 20.4. The molecule has 0 rings (SSSR count). The Bertz CT molecular complexity index is 1330. The van der Waals surface area contributed by atoms with Crippen LogP contribution >= 0.6 is 0 Å². The van der Waals surface area contributed by atoms with Crippen LogP contribution in [0.15, 0.2) is 0 Å². The molecule has 0 spiro atoms. The third kappa shape index (κ3) is 6.33. The lowest BCUT2D eigenvalue weighted by Crippen LogP contribution is -2.77. The summed E-state index contributed by atoms with van der Waals surface area (Å²) in [7, 11) is -8.33. The van der Waals surface area contributed by atoms with Crippen molar-refractivity contribution in [1.82, 2.24) is 0 Å². The van der Waals surface area contributed by atoms with Crippen molar-refractivity contribution in [3.05, 3.63) is 0 Å². The SMILES string of the molecule is O=S(=O)(O)C(F)(F)C(F)(F)C(F)(F)C(F)(F)C(F)(F)C(F)(F)C(F)(F)C(F)(F)C(F)(F)C(F)(F)OC(F)(F)C(F)(F)OC(F)(F)C(F)(F)F. The maximum absolute atomic E-state index is 13.7. The number of halogens is 29. The van der Waals surface area contributed by atoms with Crippen molar-refractivity contribution in [2.75, 3.05) is 0 Å². The molecule has 0 saturated heterocycles. The number of ether oxygens (including phenoxy) is 2. The van der Waals surface area contributed by atoms with Crippen molar-refractivity contribution in [1.29, 1.82) is 0 Å². The van der Waals surface area contributed by atoms with Gasteiger partial charge in [-0.15, -0.1) is 0 Å². The molecule has 0 unspecified atom stereocenters. The largest absolute Gasteiger partial charge is 0.483 e. The van der Waals surface area contributed by atoms with Gasteiger partial charge in [0.2, 0.25) is 0 Å². The lowest BCUT2D eigenvalue weighted by atomic mass is 9.87. The molecule has 0 radical (unpaired) electrons. The van der Waals surface area contributed by atoms with Gasteiger partial charge < -0.3 is 0 Å². The highest BCUT2D eigenvalue weighted by atomic mass is 32.2. The van der Waals surface area contributed by atoms with Crippen LogP contribution in [0.2, 0.25) is 0 Å². The maximum Gasteiger partial charge on any atom is 0.483 e. The standard InChI is InChI=1S/C14HF29O5S/c15-1(16,2(17,18)4(21,22)6(25,26)8(29,30)14(42,43)49(44,45)46)3(19,20)5(23,24)7(27,28)10(34,35)47-12(38,39)13(40,41)48-11(36,37)9(31,32)33/h(H,44,45,46). The summed E-state index contributed by atoms with van der Waals surface area (Å²) in [5, 5.41) is -8.31. The zero-order valence-electron chi connectivity index (χ0n) is 20.4. The molecule has 0 aliphatic carbocycles. The second kappa shape index (κ2) is 11.4. The number of hydrogen-bond acceptors (Lipinski definition) is 4. The van der Waals surface area contributed by atoms with Gasteiger partial charge in [-0.3, -0.25) is 4.55 Å². The highest BCUT2D eigenvalue weighted by Crippen LogP contribution is 2.67. The molecule has 0 aromatic carbocycles. The molecule has 0 bridgehead atoms. The summed E-state index contributed by atoms with van der Waals surface area (Å²) < 4.78 is 412. The monoisotopic (exact) mass is 832 g/mol. The predicted octanol–water partition coefficient (Wildman–Crippen LogP) is 8.52. The predicted molar refractivity (Wildman–Crippen MR) is 84.1 cm³/mol. The van der Waals surface area contributed by atoms with Crippen molar-refractivity contribution >= 4 is 10.1 Å². The fraction of sp³-hybridized carbons (Fsp3) is 1.00. The van der Waals surface area contributed by atoms with E-state index < -0.39 is 93.4 Å². The van der Waals surface area contributed by atoms with Crippen LogP contribution in [-0.2, 0) is 19.6 Å². The molecule has 0 saturated carbocycles. The fourth-order valence-corrected chi connectivity index (χ4v) is 2.73. The normalized spacial score (nSPS) is 17.1. The molecule has 35 heteroatoms.